The van der Waals surface area contributed by atoms with Crippen LogP contribution in [-0.2, 0) is 15.9 Å². The van der Waals surface area contributed by atoms with Crippen molar-refractivity contribution < 1.29 is 14.6 Å². The van der Waals surface area contributed by atoms with Crippen LogP contribution in [-0.4, -0.2) is 40.5 Å². The summed E-state index contributed by atoms with van der Waals surface area (Å²) < 4.78 is 12.7. The van der Waals surface area contributed by atoms with Crippen molar-refractivity contribution in [1.82, 2.24) is 9.78 Å². The Balaban J connectivity index is 1.51. The Labute approximate surface area is 113 Å². The van der Waals surface area contributed by atoms with Crippen LogP contribution >= 0.6 is 0 Å². The van der Waals surface area contributed by atoms with E-state index in [-0.39, 0.29) is 6.29 Å². The van der Waals surface area contributed by atoms with Crippen LogP contribution in [0.2, 0.25) is 0 Å². The lowest BCUT2D eigenvalue weighted by atomic mass is 10.1. The van der Waals surface area contributed by atoms with Crippen LogP contribution in [0.4, 0.5) is 0 Å². The Morgan fingerprint density at radius 3 is 2.79 bits per heavy atom. The number of nitrogens with zero attached hydrogens (tertiary/aromatic N) is 2. The topological polar surface area (TPSA) is 56.5 Å². The molecule has 1 aliphatic heterocycles. The highest BCUT2D eigenvalue weighted by Crippen LogP contribution is 2.28. The zero-order valence-electron chi connectivity index (χ0n) is 11.2. The van der Waals surface area contributed by atoms with Crippen molar-refractivity contribution in [3.8, 4) is 0 Å². The van der Waals surface area contributed by atoms with E-state index in [0.29, 0.717) is 32.1 Å². The van der Waals surface area contributed by atoms with Crippen LogP contribution in [0, 0.1) is 0 Å². The Morgan fingerprint density at radius 2 is 2.05 bits per heavy atom. The second kappa shape index (κ2) is 6.03. The smallest absolute Gasteiger partial charge is 0.160 e. The van der Waals surface area contributed by atoms with Gasteiger partial charge in [0.1, 0.15) is 0 Å². The van der Waals surface area contributed by atoms with Gasteiger partial charge in [0.15, 0.2) is 6.29 Å². The highest BCUT2D eigenvalue weighted by Gasteiger charge is 2.22. The highest BCUT2D eigenvalue weighted by molar-refractivity contribution is 5.02. The van der Waals surface area contributed by atoms with E-state index in [1.54, 1.807) is 0 Å². The highest BCUT2D eigenvalue weighted by atomic mass is 16.7. The molecule has 1 saturated carbocycles. The number of rotatable bonds is 5. The first-order valence-corrected chi connectivity index (χ1v) is 7.26. The van der Waals surface area contributed by atoms with Crippen LogP contribution in [0.25, 0.3) is 0 Å². The van der Waals surface area contributed by atoms with Crippen molar-refractivity contribution in [3.05, 3.63) is 18.0 Å². The van der Waals surface area contributed by atoms with Gasteiger partial charge in [-0.15, -0.1) is 0 Å². The molecule has 1 aliphatic carbocycles. The maximum absolute atomic E-state index is 10.0. The molecule has 1 atom stereocenters. The van der Waals surface area contributed by atoms with Gasteiger partial charge in [-0.3, -0.25) is 4.68 Å². The normalized spacial score (nSPS) is 23.2. The van der Waals surface area contributed by atoms with Gasteiger partial charge < -0.3 is 14.6 Å². The molecule has 2 aliphatic rings. The summed E-state index contributed by atoms with van der Waals surface area (Å²) in [7, 11) is 0. The van der Waals surface area contributed by atoms with Crippen LogP contribution in [0.1, 0.15) is 43.8 Å². The summed E-state index contributed by atoms with van der Waals surface area (Å²) in [6.45, 7) is 1.27. The summed E-state index contributed by atoms with van der Waals surface area (Å²) >= 11 is 0. The molecule has 19 heavy (non-hydrogen) atoms. The third-order valence-corrected chi connectivity index (χ3v) is 3.96. The van der Waals surface area contributed by atoms with Crippen molar-refractivity contribution in [2.24, 2.45) is 0 Å². The minimum absolute atomic E-state index is 0.244. The van der Waals surface area contributed by atoms with Crippen LogP contribution < -0.4 is 0 Å². The summed E-state index contributed by atoms with van der Waals surface area (Å²) in [5.41, 5.74) is 0.956. The molecule has 1 saturated heterocycles. The van der Waals surface area contributed by atoms with Crippen molar-refractivity contribution in [1.29, 1.82) is 0 Å². The molecular formula is C14H22N2O3. The van der Waals surface area contributed by atoms with Crippen molar-refractivity contribution in [2.45, 2.75) is 57.0 Å². The monoisotopic (exact) mass is 266 g/mol. The predicted octanol–water partition coefficient (Wildman–Crippen LogP) is 1.66. The summed E-state index contributed by atoms with van der Waals surface area (Å²) in [4.78, 5) is 0. The van der Waals surface area contributed by atoms with Gasteiger partial charge in [-0.2, -0.15) is 5.10 Å². The lowest BCUT2D eigenvalue weighted by Crippen LogP contribution is -2.20. The maximum atomic E-state index is 10.0. The molecule has 0 spiro atoms. The first-order valence-electron chi connectivity index (χ1n) is 7.26. The van der Waals surface area contributed by atoms with E-state index < -0.39 is 6.10 Å². The fraction of sp³-hybridized carbons (Fsp3) is 0.786. The Kier molecular flexibility index (Phi) is 4.15. The second-order valence-corrected chi connectivity index (χ2v) is 5.49. The molecule has 2 heterocycles. The lowest BCUT2D eigenvalue weighted by molar-refractivity contribution is -0.0699. The lowest BCUT2D eigenvalue weighted by Gasteiger charge is -2.14. The van der Waals surface area contributed by atoms with Crippen molar-refractivity contribution in [3.63, 3.8) is 0 Å². The number of aliphatic hydroxyl groups excluding tert-OH is 1. The molecule has 0 bridgehead atoms. The first-order chi connectivity index (χ1) is 9.31. The molecule has 0 aromatic carbocycles. The SMILES string of the molecule is OC(Cc1ccn(C2CCCC2)n1)CC1OCCO1. The van der Waals surface area contributed by atoms with Crippen LogP contribution in [0.3, 0.4) is 0 Å². The van der Waals surface area contributed by atoms with Crippen molar-refractivity contribution >= 4 is 0 Å². The third kappa shape index (κ3) is 3.35. The molecule has 106 valence electrons. The summed E-state index contributed by atoms with van der Waals surface area (Å²) in [5.74, 6) is 0. The Bertz CT molecular complexity index is 395. The zero-order valence-corrected chi connectivity index (χ0v) is 11.2. The molecular weight excluding hydrogens is 244 g/mol. The Morgan fingerprint density at radius 1 is 1.32 bits per heavy atom. The second-order valence-electron chi connectivity index (χ2n) is 5.49. The van der Waals surface area contributed by atoms with Gasteiger partial charge in [0.25, 0.3) is 0 Å². The minimum atomic E-state index is -0.449. The number of aliphatic hydroxyl groups is 1. The average molecular weight is 266 g/mol. The van der Waals surface area contributed by atoms with Gasteiger partial charge in [0.05, 0.1) is 31.1 Å². The van der Waals surface area contributed by atoms with Crippen molar-refractivity contribution in [2.75, 3.05) is 13.2 Å². The van der Waals surface area contributed by atoms with Gasteiger partial charge in [-0.1, -0.05) is 12.8 Å². The average Bonchev–Trinajstić information content (AvgIpc) is 3.09. The van der Waals surface area contributed by atoms with Gasteiger partial charge in [-0.25, -0.2) is 0 Å². The summed E-state index contributed by atoms with van der Waals surface area (Å²) in [5, 5.41) is 14.6. The van der Waals surface area contributed by atoms with E-state index >= 15 is 0 Å². The molecule has 1 N–H and O–H groups in total. The molecule has 0 radical (unpaired) electrons. The Hall–Kier alpha value is -0.910. The molecule has 2 fully saturated rings. The summed E-state index contributed by atoms with van der Waals surface area (Å²) in [6.07, 6.45) is 7.51. The van der Waals surface area contributed by atoms with E-state index in [9.17, 15) is 5.11 Å². The van der Waals surface area contributed by atoms with Gasteiger partial charge in [0.2, 0.25) is 0 Å². The quantitative estimate of drug-likeness (QED) is 0.880. The number of hydrogen-bond donors (Lipinski definition) is 1. The minimum Gasteiger partial charge on any atom is -0.393 e. The molecule has 0 amide bonds. The van der Waals surface area contributed by atoms with E-state index in [4.69, 9.17) is 9.47 Å². The van der Waals surface area contributed by atoms with Crippen LogP contribution in [0.5, 0.6) is 0 Å². The number of ether oxygens (including phenoxy) is 2. The number of hydrogen-bond acceptors (Lipinski definition) is 4. The maximum Gasteiger partial charge on any atom is 0.160 e. The zero-order chi connectivity index (χ0) is 13.1. The predicted molar refractivity (Wildman–Crippen MR) is 69.8 cm³/mol. The fourth-order valence-electron chi connectivity index (χ4n) is 2.95. The molecule has 1 unspecified atom stereocenters. The molecule has 1 aromatic rings. The van der Waals surface area contributed by atoms with Gasteiger partial charge in [-0.05, 0) is 18.9 Å². The standard InChI is InChI=1S/C14H22N2O3/c17-13(10-14-18-7-8-19-14)9-11-5-6-16(15-11)12-3-1-2-4-12/h5-6,12-14,17H,1-4,7-10H2. The molecule has 5 nitrogen and oxygen atoms in total. The molecule has 3 rings (SSSR count). The van der Waals surface area contributed by atoms with Crippen LogP contribution in [0.15, 0.2) is 12.3 Å². The third-order valence-electron chi connectivity index (χ3n) is 3.96. The molecule has 5 heteroatoms. The molecule has 1 aromatic heterocycles. The fourth-order valence-corrected chi connectivity index (χ4v) is 2.95. The van der Waals surface area contributed by atoms with E-state index in [0.717, 1.165) is 5.69 Å². The van der Waals surface area contributed by atoms with E-state index in [1.807, 2.05) is 12.3 Å². The number of aromatic nitrogens is 2. The van der Waals surface area contributed by atoms with Gasteiger partial charge >= 0.3 is 0 Å². The largest absolute Gasteiger partial charge is 0.393 e. The van der Waals surface area contributed by atoms with Gasteiger partial charge in [0, 0.05) is 19.0 Å². The van der Waals surface area contributed by atoms with E-state index in [2.05, 4.69) is 9.78 Å². The summed E-state index contributed by atoms with van der Waals surface area (Å²) in [6, 6.07) is 2.57. The van der Waals surface area contributed by atoms with E-state index in [1.165, 1.54) is 25.7 Å². The first kappa shape index (κ1) is 13.1.